The zero-order valence-corrected chi connectivity index (χ0v) is 20.6. The van der Waals surface area contributed by atoms with Gasteiger partial charge in [-0.1, -0.05) is 39.7 Å². The zero-order chi connectivity index (χ0) is 23.4. The van der Waals surface area contributed by atoms with E-state index in [4.69, 9.17) is 16.6 Å². The third kappa shape index (κ3) is 3.83. The fraction of sp³-hybridized carbons (Fsp3) is 0.346. The Balaban J connectivity index is 1.57. The zero-order valence-electron chi connectivity index (χ0n) is 18.3. The second kappa shape index (κ2) is 8.10. The second-order valence-electron chi connectivity index (χ2n) is 9.45. The first-order valence-electron chi connectivity index (χ1n) is 11.1. The van der Waals surface area contributed by atoms with Crippen LogP contribution in [0.2, 0.25) is 5.02 Å². The number of aliphatic carboxylic acids is 1. The van der Waals surface area contributed by atoms with Gasteiger partial charge in [-0.3, -0.25) is 9.59 Å². The highest BCUT2D eigenvalue weighted by atomic mass is 79.9. The number of benzene rings is 2. The Morgan fingerprint density at radius 3 is 2.39 bits per heavy atom. The molecule has 33 heavy (non-hydrogen) atoms. The molecule has 2 N–H and O–H groups in total. The van der Waals surface area contributed by atoms with Gasteiger partial charge >= 0.3 is 5.97 Å². The number of carboxylic acid groups (broad SMARTS) is 1. The lowest BCUT2D eigenvalue weighted by atomic mass is 9.57. The number of rotatable bonds is 4. The number of pyridine rings is 1. The molecule has 3 aromatic rings. The molecule has 0 unspecified atom stereocenters. The largest absolute Gasteiger partial charge is 0.481 e. The van der Waals surface area contributed by atoms with Crippen molar-refractivity contribution in [1.82, 2.24) is 10.3 Å². The minimum Gasteiger partial charge on any atom is -0.481 e. The maximum atomic E-state index is 13.8. The average molecular weight is 528 g/mol. The quantitative estimate of drug-likeness (QED) is 0.404. The summed E-state index contributed by atoms with van der Waals surface area (Å²) in [5.74, 6) is -0.833. The van der Waals surface area contributed by atoms with Crippen LogP contribution in [-0.2, 0) is 4.79 Å². The summed E-state index contributed by atoms with van der Waals surface area (Å²) in [7, 11) is 0. The Morgan fingerprint density at radius 2 is 1.76 bits per heavy atom. The van der Waals surface area contributed by atoms with Crippen LogP contribution < -0.4 is 5.32 Å². The van der Waals surface area contributed by atoms with Gasteiger partial charge in [0.05, 0.1) is 22.2 Å². The van der Waals surface area contributed by atoms with E-state index in [1.807, 2.05) is 49.4 Å². The number of nitrogens with one attached hydrogen (secondary N) is 1. The van der Waals surface area contributed by atoms with E-state index in [-0.39, 0.29) is 11.4 Å². The van der Waals surface area contributed by atoms with Gasteiger partial charge in [-0.15, -0.1) is 0 Å². The molecule has 2 aromatic carbocycles. The van der Waals surface area contributed by atoms with E-state index in [0.29, 0.717) is 49.1 Å². The number of carbonyl (C=O) groups is 2. The summed E-state index contributed by atoms with van der Waals surface area (Å²) in [5, 5.41) is 14.4. The van der Waals surface area contributed by atoms with Gasteiger partial charge in [0.25, 0.3) is 5.91 Å². The maximum Gasteiger partial charge on any atom is 0.309 e. The summed E-state index contributed by atoms with van der Waals surface area (Å²) in [6.07, 6.45) is 3.90. The van der Waals surface area contributed by atoms with Crippen LogP contribution in [0.15, 0.2) is 46.9 Å². The van der Waals surface area contributed by atoms with Crippen LogP contribution in [0.5, 0.6) is 0 Å². The van der Waals surface area contributed by atoms with E-state index in [2.05, 4.69) is 21.2 Å². The minimum atomic E-state index is -0.700. The standard InChI is InChI=1S/C26H24BrClN2O3/c1-15-21(23(31)30-26-10-7-25(8-11-26,9-12-26)24(32)33)19-14-17(27)5-6-20(19)29-22(15)16-3-2-4-18(28)13-16/h2-6,13-14H,7-12H2,1H3,(H,30,31)(H,32,33). The summed E-state index contributed by atoms with van der Waals surface area (Å²) in [6, 6.07) is 13.2. The summed E-state index contributed by atoms with van der Waals surface area (Å²) in [6.45, 7) is 1.92. The second-order valence-corrected chi connectivity index (χ2v) is 10.8. The molecule has 5 nitrogen and oxygen atoms in total. The summed E-state index contributed by atoms with van der Waals surface area (Å²) in [5.41, 5.74) is 2.76. The van der Waals surface area contributed by atoms with Gasteiger partial charge in [0, 0.05) is 26.0 Å². The molecule has 0 atom stereocenters. The number of carbonyl (C=O) groups excluding carboxylic acids is 1. The van der Waals surface area contributed by atoms with Crippen LogP contribution in [-0.4, -0.2) is 27.5 Å². The lowest BCUT2D eigenvalue weighted by Gasteiger charge is -2.51. The molecule has 170 valence electrons. The van der Waals surface area contributed by atoms with Crippen LogP contribution >= 0.6 is 27.5 Å². The van der Waals surface area contributed by atoms with Crippen molar-refractivity contribution in [2.45, 2.75) is 51.0 Å². The molecule has 7 heteroatoms. The van der Waals surface area contributed by atoms with Gasteiger partial charge in [-0.2, -0.15) is 0 Å². The SMILES string of the molecule is Cc1c(-c2cccc(Cl)c2)nc2ccc(Br)cc2c1C(=O)NC12CCC(C(=O)O)(CC1)CC2. The van der Waals surface area contributed by atoms with Gasteiger partial charge in [-0.05, 0) is 81.3 Å². The maximum absolute atomic E-state index is 13.8. The van der Waals surface area contributed by atoms with Crippen LogP contribution in [0.4, 0.5) is 0 Å². The van der Waals surface area contributed by atoms with Crippen molar-refractivity contribution in [3.8, 4) is 11.3 Å². The molecular formula is C26H24BrClN2O3. The number of nitrogens with zero attached hydrogens (tertiary/aromatic N) is 1. The number of aromatic nitrogens is 1. The van der Waals surface area contributed by atoms with E-state index in [0.717, 1.165) is 32.2 Å². The topological polar surface area (TPSA) is 79.3 Å². The predicted molar refractivity (Wildman–Crippen MR) is 133 cm³/mol. The predicted octanol–water partition coefficient (Wildman–Crippen LogP) is 6.53. The summed E-state index contributed by atoms with van der Waals surface area (Å²) in [4.78, 5) is 30.5. The van der Waals surface area contributed by atoms with E-state index in [1.165, 1.54) is 0 Å². The van der Waals surface area contributed by atoms with Gasteiger partial charge in [0.1, 0.15) is 0 Å². The third-order valence-electron chi connectivity index (χ3n) is 7.59. The van der Waals surface area contributed by atoms with Crippen LogP contribution in [0.25, 0.3) is 22.2 Å². The Bertz CT molecular complexity index is 1280. The third-order valence-corrected chi connectivity index (χ3v) is 8.32. The first kappa shape index (κ1) is 22.4. The van der Waals surface area contributed by atoms with Gasteiger partial charge in [0.15, 0.2) is 0 Å². The van der Waals surface area contributed by atoms with Crippen molar-refractivity contribution in [3.63, 3.8) is 0 Å². The summed E-state index contributed by atoms with van der Waals surface area (Å²) >= 11 is 9.77. The molecule has 1 aromatic heterocycles. The van der Waals surface area contributed by atoms with Crippen molar-refractivity contribution in [1.29, 1.82) is 0 Å². The fourth-order valence-corrected chi connectivity index (χ4v) is 6.09. The molecular weight excluding hydrogens is 504 g/mol. The number of halogens is 2. The highest BCUT2D eigenvalue weighted by Crippen LogP contribution is 2.52. The summed E-state index contributed by atoms with van der Waals surface area (Å²) < 4.78 is 0.875. The lowest BCUT2D eigenvalue weighted by molar-refractivity contribution is -0.156. The molecule has 3 saturated carbocycles. The highest BCUT2D eigenvalue weighted by molar-refractivity contribution is 9.10. The number of carboxylic acids is 1. The van der Waals surface area contributed by atoms with Gasteiger partial charge in [0.2, 0.25) is 0 Å². The van der Waals surface area contributed by atoms with E-state index in [9.17, 15) is 14.7 Å². The first-order valence-corrected chi connectivity index (χ1v) is 12.3. The first-order chi connectivity index (χ1) is 15.7. The van der Waals surface area contributed by atoms with E-state index in [1.54, 1.807) is 0 Å². The van der Waals surface area contributed by atoms with Crippen LogP contribution in [0, 0.1) is 12.3 Å². The number of hydrogen-bond donors (Lipinski definition) is 2. The van der Waals surface area contributed by atoms with Crippen molar-refractivity contribution < 1.29 is 14.7 Å². The monoisotopic (exact) mass is 526 g/mol. The molecule has 0 saturated heterocycles. The molecule has 6 rings (SSSR count). The molecule has 1 amide bonds. The van der Waals surface area contributed by atoms with E-state index < -0.39 is 11.4 Å². The van der Waals surface area contributed by atoms with Crippen LogP contribution in [0.3, 0.4) is 0 Å². The number of hydrogen-bond acceptors (Lipinski definition) is 3. The van der Waals surface area contributed by atoms with Crippen LogP contribution in [0.1, 0.15) is 54.4 Å². The Labute approximate surface area is 205 Å². The lowest BCUT2D eigenvalue weighted by Crippen LogP contribution is -2.58. The Kier molecular flexibility index (Phi) is 5.49. The normalized spacial score (nSPS) is 24.1. The van der Waals surface area contributed by atoms with Gasteiger partial charge < -0.3 is 10.4 Å². The number of fused-ring (bicyclic) bond motifs is 4. The molecule has 0 radical (unpaired) electrons. The van der Waals surface area contributed by atoms with E-state index >= 15 is 0 Å². The fourth-order valence-electron chi connectivity index (χ4n) is 5.54. The molecule has 3 fully saturated rings. The molecule has 3 aliphatic rings. The average Bonchev–Trinajstić information content (AvgIpc) is 2.79. The molecule has 0 aliphatic heterocycles. The smallest absolute Gasteiger partial charge is 0.309 e. The van der Waals surface area contributed by atoms with Crippen molar-refractivity contribution in [2.24, 2.45) is 5.41 Å². The van der Waals surface area contributed by atoms with Gasteiger partial charge in [-0.25, -0.2) is 4.98 Å². The van der Waals surface area contributed by atoms with Crippen molar-refractivity contribution in [3.05, 3.63) is 63.1 Å². The Hall–Kier alpha value is -2.44. The molecule has 2 bridgehead atoms. The minimum absolute atomic E-state index is 0.133. The Morgan fingerprint density at radius 1 is 1.06 bits per heavy atom. The van der Waals surface area contributed by atoms with Crippen molar-refractivity contribution in [2.75, 3.05) is 0 Å². The highest BCUT2D eigenvalue weighted by Gasteiger charge is 2.53. The molecule has 1 heterocycles. The number of amides is 1. The van der Waals surface area contributed by atoms with Crippen molar-refractivity contribution >= 4 is 50.3 Å². The molecule has 0 spiro atoms. The molecule has 3 aliphatic carbocycles.